The molecule has 0 bridgehead atoms. The number of benzene rings is 1. The summed E-state index contributed by atoms with van der Waals surface area (Å²) in [5.41, 5.74) is 1.11. The molecule has 0 aliphatic heterocycles. The summed E-state index contributed by atoms with van der Waals surface area (Å²) in [4.78, 5) is 12.3. The minimum atomic E-state index is -3.74. The molecular formula is C16H14N4O5S. The van der Waals surface area contributed by atoms with Gasteiger partial charge in [-0.1, -0.05) is 6.07 Å². The van der Waals surface area contributed by atoms with Crippen molar-refractivity contribution in [2.75, 3.05) is 5.32 Å². The van der Waals surface area contributed by atoms with Gasteiger partial charge in [0.25, 0.3) is 15.9 Å². The Morgan fingerprint density at radius 1 is 1.19 bits per heavy atom. The number of hydrogen-bond donors (Lipinski definition) is 2. The fourth-order valence-electron chi connectivity index (χ4n) is 2.29. The summed E-state index contributed by atoms with van der Waals surface area (Å²) in [6.07, 6.45) is 2.83. The number of amides is 1. The number of hydrogen-bond acceptors (Lipinski definition) is 7. The van der Waals surface area contributed by atoms with Crippen molar-refractivity contribution in [1.29, 1.82) is 0 Å². The van der Waals surface area contributed by atoms with E-state index in [9.17, 15) is 13.2 Å². The predicted octanol–water partition coefficient (Wildman–Crippen LogP) is 2.02. The van der Waals surface area contributed by atoms with Crippen molar-refractivity contribution >= 4 is 21.6 Å². The first-order valence-electron chi connectivity index (χ1n) is 7.81. The molecular weight excluding hydrogens is 360 g/mol. The van der Waals surface area contributed by atoms with Gasteiger partial charge in [-0.2, -0.15) is 0 Å². The molecule has 0 atom stereocenters. The van der Waals surface area contributed by atoms with Gasteiger partial charge < -0.3 is 14.2 Å². The van der Waals surface area contributed by atoms with Crippen molar-refractivity contribution in [2.24, 2.45) is 0 Å². The third-order valence-electron chi connectivity index (χ3n) is 3.70. The summed E-state index contributed by atoms with van der Waals surface area (Å²) < 4.78 is 37.0. The van der Waals surface area contributed by atoms with Crippen molar-refractivity contribution in [1.82, 2.24) is 14.9 Å². The molecule has 10 heteroatoms. The van der Waals surface area contributed by atoms with Gasteiger partial charge in [0.1, 0.15) is 0 Å². The number of furan rings is 1. The number of nitrogens with one attached hydrogen (secondary N) is 2. The zero-order valence-electron chi connectivity index (χ0n) is 13.4. The van der Waals surface area contributed by atoms with Gasteiger partial charge in [-0.15, -0.1) is 10.2 Å². The smallest absolute Gasteiger partial charge is 0.291 e. The molecule has 26 heavy (non-hydrogen) atoms. The van der Waals surface area contributed by atoms with Gasteiger partial charge in [0.2, 0.25) is 17.4 Å². The van der Waals surface area contributed by atoms with E-state index in [4.69, 9.17) is 8.83 Å². The Morgan fingerprint density at radius 2 is 2.04 bits per heavy atom. The summed E-state index contributed by atoms with van der Waals surface area (Å²) in [6.45, 7) is 0. The van der Waals surface area contributed by atoms with Crippen molar-refractivity contribution in [3.8, 4) is 11.5 Å². The Hall–Kier alpha value is -2.98. The highest BCUT2D eigenvalue weighted by Gasteiger charge is 2.30. The van der Waals surface area contributed by atoms with Gasteiger partial charge in [0.15, 0.2) is 5.76 Å². The van der Waals surface area contributed by atoms with E-state index >= 15 is 0 Å². The zero-order chi connectivity index (χ0) is 18.1. The van der Waals surface area contributed by atoms with Crippen LogP contribution in [0, 0.1) is 0 Å². The molecule has 1 saturated carbocycles. The first-order valence-corrected chi connectivity index (χ1v) is 9.30. The quantitative estimate of drug-likeness (QED) is 0.675. The Labute approximate surface area is 148 Å². The summed E-state index contributed by atoms with van der Waals surface area (Å²) >= 11 is 0. The molecule has 2 heterocycles. The average Bonchev–Trinajstić information content (AvgIpc) is 3.09. The maximum Gasteiger partial charge on any atom is 0.291 e. The highest BCUT2D eigenvalue weighted by Crippen LogP contribution is 2.24. The first-order chi connectivity index (χ1) is 12.5. The van der Waals surface area contributed by atoms with E-state index in [1.54, 1.807) is 24.3 Å². The summed E-state index contributed by atoms with van der Waals surface area (Å²) in [7, 11) is -3.74. The van der Waals surface area contributed by atoms with Gasteiger partial charge in [-0.05, 0) is 43.2 Å². The second-order valence-electron chi connectivity index (χ2n) is 5.79. The lowest BCUT2D eigenvalue weighted by molar-refractivity contribution is 0.0991. The second kappa shape index (κ2) is 6.39. The van der Waals surface area contributed by atoms with Gasteiger partial charge >= 0.3 is 0 Å². The topological polar surface area (TPSA) is 127 Å². The average molecular weight is 374 g/mol. The molecule has 1 aromatic carbocycles. The van der Waals surface area contributed by atoms with Crippen LogP contribution < -0.4 is 10.0 Å². The maximum atomic E-state index is 12.3. The molecule has 134 valence electrons. The molecule has 9 nitrogen and oxygen atoms in total. The van der Waals surface area contributed by atoms with Gasteiger partial charge in [0, 0.05) is 17.3 Å². The SMILES string of the molecule is O=C(Nc1cccc(-c2nnco2)c1)c1ccc(S(=O)(=O)NC2CC2)o1. The number of carbonyl (C=O) groups is 1. The van der Waals surface area contributed by atoms with Crippen LogP contribution in [0.25, 0.3) is 11.5 Å². The predicted molar refractivity (Wildman–Crippen MR) is 89.7 cm³/mol. The number of nitrogens with zero attached hydrogens (tertiary/aromatic N) is 2. The molecule has 3 aromatic rings. The minimum absolute atomic E-state index is 0.0465. The summed E-state index contributed by atoms with van der Waals surface area (Å²) in [5.74, 6) is -0.358. The lowest BCUT2D eigenvalue weighted by Crippen LogP contribution is -2.25. The Balaban J connectivity index is 1.49. The summed E-state index contributed by atoms with van der Waals surface area (Å²) in [6, 6.07) is 9.33. The van der Waals surface area contributed by atoms with Gasteiger partial charge in [0.05, 0.1) is 0 Å². The van der Waals surface area contributed by atoms with Crippen molar-refractivity contribution in [2.45, 2.75) is 24.0 Å². The van der Waals surface area contributed by atoms with E-state index in [0.29, 0.717) is 17.1 Å². The van der Waals surface area contributed by atoms with Crippen LogP contribution in [-0.4, -0.2) is 30.6 Å². The molecule has 0 spiro atoms. The number of anilines is 1. The van der Waals surface area contributed by atoms with Crippen LogP contribution in [0.1, 0.15) is 23.4 Å². The lowest BCUT2D eigenvalue weighted by atomic mass is 10.2. The molecule has 2 aromatic heterocycles. The van der Waals surface area contributed by atoms with Crippen molar-refractivity contribution in [3.05, 3.63) is 48.6 Å². The minimum Gasteiger partial charge on any atom is -0.438 e. The largest absolute Gasteiger partial charge is 0.438 e. The molecule has 1 aliphatic rings. The Kier molecular flexibility index (Phi) is 4.05. The van der Waals surface area contributed by atoms with E-state index in [2.05, 4.69) is 20.2 Å². The van der Waals surface area contributed by atoms with Crippen molar-refractivity contribution in [3.63, 3.8) is 0 Å². The fourth-order valence-corrected chi connectivity index (χ4v) is 3.52. The van der Waals surface area contributed by atoms with Crippen LogP contribution in [-0.2, 0) is 10.0 Å². The second-order valence-corrected chi connectivity index (χ2v) is 7.44. The summed E-state index contributed by atoms with van der Waals surface area (Å²) in [5, 5.41) is 9.77. The number of rotatable bonds is 6. The van der Waals surface area contributed by atoms with Crippen LogP contribution >= 0.6 is 0 Å². The number of aromatic nitrogens is 2. The molecule has 1 aliphatic carbocycles. The molecule has 4 rings (SSSR count). The van der Waals surface area contributed by atoms with E-state index in [1.165, 1.54) is 18.5 Å². The van der Waals surface area contributed by atoms with E-state index in [1.807, 2.05) is 0 Å². The van der Waals surface area contributed by atoms with Crippen LogP contribution in [0.5, 0.6) is 0 Å². The maximum absolute atomic E-state index is 12.3. The van der Waals surface area contributed by atoms with Crippen LogP contribution in [0.15, 0.2) is 56.7 Å². The third-order valence-corrected chi connectivity index (χ3v) is 5.09. The number of carbonyl (C=O) groups excluding carboxylic acids is 1. The third kappa shape index (κ3) is 3.51. The van der Waals surface area contributed by atoms with Gasteiger partial charge in [-0.25, -0.2) is 13.1 Å². The highest BCUT2D eigenvalue weighted by molar-refractivity contribution is 7.89. The fraction of sp³-hybridized carbons (Fsp3) is 0.188. The normalized spacial score (nSPS) is 14.3. The standard InChI is InChI=1S/C16H14N4O5S/c21-15(13-6-7-14(25-13)26(22,23)20-11-4-5-11)18-12-3-1-2-10(8-12)16-19-17-9-24-16/h1-3,6-9,11,20H,4-5H2,(H,18,21). The molecule has 1 amide bonds. The molecule has 0 saturated heterocycles. The molecule has 2 N–H and O–H groups in total. The molecule has 1 fully saturated rings. The van der Waals surface area contributed by atoms with E-state index in [-0.39, 0.29) is 16.9 Å². The van der Waals surface area contributed by atoms with Crippen LogP contribution in [0.4, 0.5) is 5.69 Å². The number of sulfonamides is 1. The monoisotopic (exact) mass is 374 g/mol. The highest BCUT2D eigenvalue weighted by atomic mass is 32.2. The van der Waals surface area contributed by atoms with Crippen molar-refractivity contribution < 1.29 is 22.0 Å². The van der Waals surface area contributed by atoms with Gasteiger partial charge in [-0.3, -0.25) is 4.79 Å². The van der Waals surface area contributed by atoms with E-state index in [0.717, 1.165) is 12.8 Å². The first kappa shape index (κ1) is 16.5. The lowest BCUT2D eigenvalue weighted by Gasteiger charge is -2.05. The van der Waals surface area contributed by atoms with Crippen LogP contribution in [0.2, 0.25) is 0 Å². The molecule has 0 radical (unpaired) electrons. The Morgan fingerprint density at radius 3 is 2.77 bits per heavy atom. The Bertz CT molecular complexity index is 1040. The van der Waals surface area contributed by atoms with E-state index < -0.39 is 15.9 Å². The molecule has 0 unspecified atom stereocenters. The van der Waals surface area contributed by atoms with Crippen LogP contribution in [0.3, 0.4) is 0 Å². The zero-order valence-corrected chi connectivity index (χ0v) is 14.2.